The number of halogens is 1. The number of carbonyl (C=O) groups is 1. The largest absolute Gasteiger partial charge is 0.302 e. The Hall–Kier alpha value is -0.860. The van der Waals surface area contributed by atoms with Gasteiger partial charge in [0.05, 0.1) is 5.92 Å². The molecule has 1 heterocycles. The fourth-order valence-electron chi connectivity index (χ4n) is 1.99. The van der Waals surface area contributed by atoms with Crippen LogP contribution in [0, 0.1) is 0 Å². The maximum Gasteiger partial charge on any atom is 0.138 e. The van der Waals surface area contributed by atoms with Crippen molar-refractivity contribution in [2.45, 2.75) is 19.3 Å². The predicted octanol–water partition coefficient (Wildman–Crippen LogP) is 2.72. The number of carbonyl (C=O) groups excluding carboxylic acids is 1. The fourth-order valence-corrected chi connectivity index (χ4v) is 2.11. The highest BCUT2D eigenvalue weighted by Gasteiger charge is 2.23. The second kappa shape index (κ2) is 4.98. The molecule has 1 aromatic rings. The predicted molar refractivity (Wildman–Crippen MR) is 65.9 cm³/mol. The molecular weight excluding hydrogens is 222 g/mol. The minimum atomic E-state index is -0.00225. The monoisotopic (exact) mass is 237 g/mol. The highest BCUT2D eigenvalue weighted by atomic mass is 35.5. The zero-order valence-corrected chi connectivity index (χ0v) is 10.2. The summed E-state index contributed by atoms with van der Waals surface area (Å²) >= 11 is 5.84. The highest BCUT2D eigenvalue weighted by molar-refractivity contribution is 6.30. The Morgan fingerprint density at radius 2 is 2.00 bits per heavy atom. The number of hydrogen-bond donors (Lipinski definition) is 0. The van der Waals surface area contributed by atoms with Gasteiger partial charge in [0, 0.05) is 11.6 Å². The summed E-state index contributed by atoms with van der Waals surface area (Å²) in [4.78, 5) is 14.0. The summed E-state index contributed by atoms with van der Waals surface area (Å²) in [6.07, 6.45) is 1.26. The SMILES string of the molecule is CC(=O)[C@H](CN1CCC1)c1ccc(Cl)cc1. The van der Waals surface area contributed by atoms with E-state index < -0.39 is 0 Å². The molecule has 2 nitrogen and oxygen atoms in total. The lowest BCUT2D eigenvalue weighted by Crippen LogP contribution is -2.41. The van der Waals surface area contributed by atoms with Gasteiger partial charge in [-0.15, -0.1) is 0 Å². The zero-order chi connectivity index (χ0) is 11.5. The lowest BCUT2D eigenvalue weighted by Gasteiger charge is -2.33. The van der Waals surface area contributed by atoms with Crippen LogP contribution in [-0.4, -0.2) is 30.3 Å². The van der Waals surface area contributed by atoms with E-state index in [4.69, 9.17) is 11.6 Å². The first-order valence-corrected chi connectivity index (χ1v) is 6.03. The Labute approximate surface area is 101 Å². The molecule has 1 atom stereocenters. The summed E-state index contributed by atoms with van der Waals surface area (Å²) < 4.78 is 0. The van der Waals surface area contributed by atoms with Gasteiger partial charge in [-0.3, -0.25) is 4.79 Å². The Morgan fingerprint density at radius 3 is 2.44 bits per heavy atom. The van der Waals surface area contributed by atoms with Crippen molar-refractivity contribution in [2.24, 2.45) is 0 Å². The minimum absolute atomic E-state index is 0.00225. The van der Waals surface area contributed by atoms with Gasteiger partial charge >= 0.3 is 0 Å². The third-order valence-electron chi connectivity index (χ3n) is 3.15. The fraction of sp³-hybridized carbons (Fsp3) is 0.462. The van der Waals surface area contributed by atoms with Crippen LogP contribution in [0.1, 0.15) is 24.8 Å². The molecule has 86 valence electrons. The quantitative estimate of drug-likeness (QED) is 0.803. The topological polar surface area (TPSA) is 20.3 Å². The van der Waals surface area contributed by atoms with Crippen molar-refractivity contribution in [1.82, 2.24) is 4.90 Å². The molecule has 1 aromatic carbocycles. The lowest BCUT2D eigenvalue weighted by molar-refractivity contribution is -0.119. The number of rotatable bonds is 4. The van der Waals surface area contributed by atoms with Crippen LogP contribution in [0.15, 0.2) is 24.3 Å². The average molecular weight is 238 g/mol. The van der Waals surface area contributed by atoms with Gasteiger partial charge < -0.3 is 4.90 Å². The van der Waals surface area contributed by atoms with Gasteiger partial charge in [0.2, 0.25) is 0 Å². The smallest absolute Gasteiger partial charge is 0.138 e. The molecule has 0 amide bonds. The van der Waals surface area contributed by atoms with E-state index in [1.165, 1.54) is 6.42 Å². The van der Waals surface area contributed by atoms with Crippen LogP contribution in [0.2, 0.25) is 5.02 Å². The number of benzene rings is 1. The molecule has 0 bridgehead atoms. The first-order valence-electron chi connectivity index (χ1n) is 5.65. The van der Waals surface area contributed by atoms with E-state index >= 15 is 0 Å². The van der Waals surface area contributed by atoms with Crippen LogP contribution in [0.3, 0.4) is 0 Å². The van der Waals surface area contributed by atoms with Gasteiger partial charge in [-0.25, -0.2) is 0 Å². The summed E-state index contributed by atoms with van der Waals surface area (Å²) in [6, 6.07) is 7.61. The summed E-state index contributed by atoms with van der Waals surface area (Å²) in [7, 11) is 0. The molecule has 1 aliphatic heterocycles. The van der Waals surface area contributed by atoms with E-state index in [2.05, 4.69) is 4.90 Å². The normalized spacial score (nSPS) is 17.9. The summed E-state index contributed by atoms with van der Waals surface area (Å²) in [6.45, 7) is 4.75. The van der Waals surface area contributed by atoms with Crippen LogP contribution in [0.4, 0.5) is 0 Å². The molecule has 3 heteroatoms. The van der Waals surface area contributed by atoms with E-state index in [0.29, 0.717) is 0 Å². The molecule has 0 radical (unpaired) electrons. The van der Waals surface area contributed by atoms with Crippen molar-refractivity contribution in [2.75, 3.05) is 19.6 Å². The standard InChI is InChI=1S/C13H16ClNO/c1-10(16)13(9-15-7-2-8-15)11-3-5-12(14)6-4-11/h3-6,13H,2,7-9H2,1H3/t13-/m0/s1. The van der Waals surface area contributed by atoms with Gasteiger partial charge in [0.25, 0.3) is 0 Å². The first-order chi connectivity index (χ1) is 7.66. The summed E-state index contributed by atoms with van der Waals surface area (Å²) in [5.74, 6) is 0.229. The molecule has 1 saturated heterocycles. The second-order valence-corrected chi connectivity index (χ2v) is 4.81. The van der Waals surface area contributed by atoms with Gasteiger partial charge in [-0.05, 0) is 44.1 Å². The number of hydrogen-bond acceptors (Lipinski definition) is 2. The molecule has 16 heavy (non-hydrogen) atoms. The number of ketones is 1. The van der Waals surface area contributed by atoms with Crippen LogP contribution in [0.25, 0.3) is 0 Å². The zero-order valence-electron chi connectivity index (χ0n) is 9.45. The summed E-state index contributed by atoms with van der Waals surface area (Å²) in [5.41, 5.74) is 1.07. The van der Waals surface area contributed by atoms with Gasteiger partial charge in [-0.2, -0.15) is 0 Å². The van der Waals surface area contributed by atoms with Crippen LogP contribution >= 0.6 is 11.6 Å². The van der Waals surface area contributed by atoms with Crippen molar-refractivity contribution >= 4 is 17.4 Å². The number of likely N-dealkylation sites (tertiary alicyclic amines) is 1. The van der Waals surface area contributed by atoms with E-state index in [0.717, 1.165) is 30.2 Å². The Morgan fingerprint density at radius 1 is 1.38 bits per heavy atom. The van der Waals surface area contributed by atoms with Crippen LogP contribution in [0.5, 0.6) is 0 Å². The van der Waals surface area contributed by atoms with Crippen molar-refractivity contribution < 1.29 is 4.79 Å². The van der Waals surface area contributed by atoms with Gasteiger partial charge in [-0.1, -0.05) is 23.7 Å². The second-order valence-electron chi connectivity index (χ2n) is 4.37. The van der Waals surface area contributed by atoms with E-state index in [9.17, 15) is 4.79 Å². The third-order valence-corrected chi connectivity index (χ3v) is 3.40. The van der Waals surface area contributed by atoms with Crippen LogP contribution < -0.4 is 0 Å². The maximum absolute atomic E-state index is 11.6. The molecule has 0 aromatic heterocycles. The van der Waals surface area contributed by atoms with Crippen molar-refractivity contribution in [1.29, 1.82) is 0 Å². The molecule has 0 unspecified atom stereocenters. The molecule has 1 fully saturated rings. The van der Waals surface area contributed by atoms with Crippen molar-refractivity contribution in [3.05, 3.63) is 34.9 Å². The summed E-state index contributed by atoms with van der Waals surface area (Å²) in [5, 5.41) is 0.718. The van der Waals surface area contributed by atoms with Crippen molar-refractivity contribution in [3.63, 3.8) is 0 Å². The third kappa shape index (κ3) is 2.63. The number of Topliss-reactive ketones (excluding diaryl/α,β-unsaturated/α-hetero) is 1. The molecule has 1 aliphatic rings. The molecular formula is C13H16ClNO. The Bertz CT molecular complexity index is 370. The molecule has 0 saturated carbocycles. The Kier molecular flexibility index (Phi) is 3.62. The lowest BCUT2D eigenvalue weighted by atomic mass is 9.94. The van der Waals surface area contributed by atoms with E-state index in [1.807, 2.05) is 24.3 Å². The highest BCUT2D eigenvalue weighted by Crippen LogP contribution is 2.22. The first kappa shape index (κ1) is 11.6. The molecule has 0 spiro atoms. The number of nitrogens with zero attached hydrogens (tertiary/aromatic N) is 1. The minimum Gasteiger partial charge on any atom is -0.302 e. The van der Waals surface area contributed by atoms with E-state index in [-0.39, 0.29) is 11.7 Å². The average Bonchev–Trinajstić information content (AvgIpc) is 2.18. The van der Waals surface area contributed by atoms with Crippen molar-refractivity contribution in [3.8, 4) is 0 Å². The van der Waals surface area contributed by atoms with Gasteiger partial charge in [0.15, 0.2) is 0 Å². The maximum atomic E-state index is 11.6. The van der Waals surface area contributed by atoms with E-state index in [1.54, 1.807) is 6.92 Å². The van der Waals surface area contributed by atoms with Gasteiger partial charge in [0.1, 0.15) is 5.78 Å². The Balaban J connectivity index is 2.11. The molecule has 0 aliphatic carbocycles. The molecule has 2 rings (SSSR count). The van der Waals surface area contributed by atoms with Crippen LogP contribution in [-0.2, 0) is 4.79 Å². The molecule has 0 N–H and O–H groups in total.